The van der Waals surface area contributed by atoms with Gasteiger partial charge in [0.05, 0.1) is 0 Å². The van der Waals surface area contributed by atoms with E-state index in [1.54, 1.807) is 4.90 Å². The molecule has 0 bridgehead atoms. The van der Waals surface area contributed by atoms with Gasteiger partial charge in [-0.1, -0.05) is 11.6 Å². The molecule has 19 heavy (non-hydrogen) atoms. The maximum absolute atomic E-state index is 12.1. The normalized spacial score (nSPS) is 16.2. The van der Waals surface area contributed by atoms with Gasteiger partial charge in [-0.15, -0.1) is 0 Å². The van der Waals surface area contributed by atoms with Crippen molar-refractivity contribution in [2.24, 2.45) is 0 Å². The molecule has 0 radical (unpaired) electrons. The lowest BCUT2D eigenvalue weighted by Crippen LogP contribution is -2.40. The van der Waals surface area contributed by atoms with Crippen molar-refractivity contribution in [3.05, 3.63) is 32.1 Å². The number of carbonyl (C=O) groups excluding carboxylic acids is 1. The number of hydrogen-bond acceptors (Lipinski definition) is 4. The second-order valence-electron chi connectivity index (χ2n) is 4.35. The molecule has 1 aromatic heterocycles. The molecule has 1 saturated heterocycles. The number of amides is 1. The third-order valence-corrected chi connectivity index (χ3v) is 3.24. The van der Waals surface area contributed by atoms with Crippen LogP contribution in [-0.4, -0.2) is 46.5 Å². The van der Waals surface area contributed by atoms with Crippen molar-refractivity contribution in [1.82, 2.24) is 19.8 Å². The summed E-state index contributed by atoms with van der Waals surface area (Å²) in [6, 6.07) is 0. The predicted molar refractivity (Wildman–Crippen MR) is 70.4 cm³/mol. The molecular weight excluding hydrogens is 272 g/mol. The van der Waals surface area contributed by atoms with E-state index >= 15 is 0 Å². The Balaban J connectivity index is 2.12. The van der Waals surface area contributed by atoms with E-state index in [9.17, 15) is 14.4 Å². The third-order valence-electron chi connectivity index (χ3n) is 2.97. The first-order valence-corrected chi connectivity index (χ1v) is 6.43. The molecule has 0 aliphatic carbocycles. The molecule has 104 valence electrons. The zero-order valence-corrected chi connectivity index (χ0v) is 11.1. The second kappa shape index (κ2) is 6.03. The minimum Gasteiger partial charge on any atom is -0.340 e. The molecule has 1 aliphatic rings. The highest BCUT2D eigenvalue weighted by Crippen LogP contribution is 2.00. The van der Waals surface area contributed by atoms with E-state index in [4.69, 9.17) is 11.6 Å². The van der Waals surface area contributed by atoms with Crippen LogP contribution in [-0.2, 0) is 11.3 Å². The zero-order valence-electron chi connectivity index (χ0n) is 10.3. The Hall–Kier alpha value is -1.60. The summed E-state index contributed by atoms with van der Waals surface area (Å²) < 4.78 is 1.12. The molecule has 0 aromatic carbocycles. The van der Waals surface area contributed by atoms with E-state index in [0.29, 0.717) is 13.1 Å². The number of carbonyl (C=O) groups is 1. The van der Waals surface area contributed by atoms with Gasteiger partial charge in [0, 0.05) is 25.8 Å². The Kier molecular flexibility index (Phi) is 4.39. The lowest BCUT2D eigenvalue weighted by atomic mass is 10.4. The van der Waals surface area contributed by atoms with Gasteiger partial charge < -0.3 is 10.2 Å². The van der Waals surface area contributed by atoms with Crippen LogP contribution in [0.3, 0.4) is 0 Å². The maximum Gasteiger partial charge on any atom is 0.328 e. The number of rotatable bonds is 2. The van der Waals surface area contributed by atoms with E-state index in [1.165, 1.54) is 6.20 Å². The van der Waals surface area contributed by atoms with Gasteiger partial charge in [0.2, 0.25) is 5.91 Å². The van der Waals surface area contributed by atoms with Crippen LogP contribution in [0, 0.1) is 0 Å². The molecule has 1 aromatic rings. The molecule has 1 fully saturated rings. The summed E-state index contributed by atoms with van der Waals surface area (Å²) in [6.07, 6.45) is 2.07. The quantitative estimate of drug-likeness (QED) is 0.731. The molecule has 8 heteroatoms. The Morgan fingerprint density at radius 2 is 2.11 bits per heavy atom. The molecule has 0 saturated carbocycles. The summed E-state index contributed by atoms with van der Waals surface area (Å²) in [5.74, 6) is -0.158. The van der Waals surface area contributed by atoms with Crippen LogP contribution in [0.5, 0.6) is 0 Å². The van der Waals surface area contributed by atoms with E-state index in [-0.39, 0.29) is 17.5 Å². The topological polar surface area (TPSA) is 87.2 Å². The highest BCUT2D eigenvalue weighted by Gasteiger charge is 2.16. The average Bonchev–Trinajstić information content (AvgIpc) is 2.64. The van der Waals surface area contributed by atoms with E-state index in [1.807, 2.05) is 0 Å². The fourth-order valence-electron chi connectivity index (χ4n) is 1.94. The van der Waals surface area contributed by atoms with Crippen LogP contribution >= 0.6 is 11.6 Å². The lowest BCUT2D eigenvalue weighted by Gasteiger charge is -2.20. The van der Waals surface area contributed by atoms with Crippen LogP contribution < -0.4 is 16.6 Å². The van der Waals surface area contributed by atoms with Gasteiger partial charge >= 0.3 is 5.69 Å². The van der Waals surface area contributed by atoms with Gasteiger partial charge in [-0.05, 0) is 13.0 Å². The minimum absolute atomic E-state index is 0.107. The first-order chi connectivity index (χ1) is 9.08. The highest BCUT2D eigenvalue weighted by atomic mass is 35.5. The summed E-state index contributed by atoms with van der Waals surface area (Å²) >= 11 is 5.64. The summed E-state index contributed by atoms with van der Waals surface area (Å²) in [4.78, 5) is 38.5. The van der Waals surface area contributed by atoms with Crippen molar-refractivity contribution in [2.45, 2.75) is 13.0 Å². The lowest BCUT2D eigenvalue weighted by molar-refractivity contribution is -0.131. The van der Waals surface area contributed by atoms with Crippen molar-refractivity contribution in [3.8, 4) is 0 Å². The minimum atomic E-state index is -0.644. The number of nitrogens with zero attached hydrogens (tertiary/aromatic N) is 2. The SMILES string of the molecule is O=C(Cn1cc(Cl)c(=O)[nH]c1=O)N1CCCNCC1. The fourth-order valence-corrected chi connectivity index (χ4v) is 2.11. The second-order valence-corrected chi connectivity index (χ2v) is 4.76. The van der Waals surface area contributed by atoms with Crippen molar-refractivity contribution < 1.29 is 4.79 Å². The largest absolute Gasteiger partial charge is 0.340 e. The number of nitrogens with one attached hydrogen (secondary N) is 2. The van der Waals surface area contributed by atoms with Crippen LogP contribution in [0.1, 0.15) is 6.42 Å². The van der Waals surface area contributed by atoms with Gasteiger partial charge in [0.15, 0.2) is 0 Å². The number of hydrogen-bond donors (Lipinski definition) is 2. The average molecular weight is 287 g/mol. The smallest absolute Gasteiger partial charge is 0.328 e. The fraction of sp³-hybridized carbons (Fsp3) is 0.545. The number of aromatic nitrogens is 2. The van der Waals surface area contributed by atoms with E-state index in [2.05, 4.69) is 10.3 Å². The molecule has 2 heterocycles. The first kappa shape index (κ1) is 13.8. The molecular formula is C11H15ClN4O3. The van der Waals surface area contributed by atoms with E-state index in [0.717, 1.165) is 24.1 Å². The monoisotopic (exact) mass is 286 g/mol. The van der Waals surface area contributed by atoms with Crippen LogP contribution in [0.15, 0.2) is 15.8 Å². The van der Waals surface area contributed by atoms with Gasteiger partial charge in [-0.2, -0.15) is 0 Å². The van der Waals surface area contributed by atoms with Crippen molar-refractivity contribution in [2.75, 3.05) is 26.2 Å². The third kappa shape index (κ3) is 3.45. The van der Waals surface area contributed by atoms with Crippen molar-refractivity contribution in [3.63, 3.8) is 0 Å². The Morgan fingerprint density at radius 1 is 1.32 bits per heavy atom. The van der Waals surface area contributed by atoms with E-state index < -0.39 is 11.2 Å². The van der Waals surface area contributed by atoms with Gasteiger partial charge in [-0.25, -0.2) is 4.79 Å². The van der Waals surface area contributed by atoms with Gasteiger partial charge in [0.1, 0.15) is 11.6 Å². The van der Waals surface area contributed by atoms with Crippen LogP contribution in [0.2, 0.25) is 5.02 Å². The number of halogens is 1. The molecule has 7 nitrogen and oxygen atoms in total. The molecule has 0 atom stereocenters. The summed E-state index contributed by atoms with van der Waals surface area (Å²) in [7, 11) is 0. The highest BCUT2D eigenvalue weighted by molar-refractivity contribution is 6.30. The summed E-state index contributed by atoms with van der Waals surface area (Å²) in [6.45, 7) is 2.79. The maximum atomic E-state index is 12.1. The number of aromatic amines is 1. The van der Waals surface area contributed by atoms with Gasteiger partial charge in [-0.3, -0.25) is 19.1 Å². The summed E-state index contributed by atoms with van der Waals surface area (Å²) in [5.41, 5.74) is -1.27. The molecule has 1 aliphatic heterocycles. The molecule has 0 spiro atoms. The zero-order chi connectivity index (χ0) is 13.8. The standard InChI is InChI=1S/C11H15ClN4O3/c12-8-6-16(11(19)14-10(8)18)7-9(17)15-4-1-2-13-3-5-15/h6,13H,1-5,7H2,(H,14,18,19). The Morgan fingerprint density at radius 3 is 2.89 bits per heavy atom. The van der Waals surface area contributed by atoms with Gasteiger partial charge in [0.25, 0.3) is 5.56 Å². The predicted octanol–water partition coefficient (Wildman–Crippen LogP) is -0.988. The van der Waals surface area contributed by atoms with Crippen molar-refractivity contribution >= 4 is 17.5 Å². The van der Waals surface area contributed by atoms with Crippen molar-refractivity contribution in [1.29, 1.82) is 0 Å². The molecule has 2 rings (SSSR count). The first-order valence-electron chi connectivity index (χ1n) is 6.05. The Bertz CT molecular complexity index is 572. The molecule has 0 unspecified atom stereocenters. The Labute approximate surface area is 114 Å². The molecule has 1 amide bonds. The van der Waals surface area contributed by atoms with Crippen LogP contribution in [0.25, 0.3) is 0 Å². The number of H-pyrrole nitrogens is 1. The summed E-state index contributed by atoms with van der Waals surface area (Å²) in [5, 5.41) is 3.09. The molecule has 2 N–H and O–H groups in total. The van der Waals surface area contributed by atoms with Crippen LogP contribution in [0.4, 0.5) is 0 Å².